The Morgan fingerprint density at radius 3 is 2.39 bits per heavy atom. The second-order valence-electron chi connectivity index (χ2n) is 4.24. The number of carbonyl (C=O) groups excluding carboxylic acids is 2. The lowest BCUT2D eigenvalue weighted by atomic mass is 10.1. The molecule has 6 nitrogen and oxygen atoms in total. The molecule has 1 aliphatic rings. The summed E-state index contributed by atoms with van der Waals surface area (Å²) in [6, 6.07) is 0.264. The van der Waals surface area contributed by atoms with E-state index >= 15 is 0 Å². The van der Waals surface area contributed by atoms with Crippen LogP contribution in [0.1, 0.15) is 20.8 Å². The lowest BCUT2D eigenvalue weighted by molar-refractivity contribution is -0.141. The molecule has 0 bridgehead atoms. The molecular weight excluding hydrogens is 234 g/mol. The first-order valence-corrected chi connectivity index (χ1v) is 6.54. The fourth-order valence-electron chi connectivity index (χ4n) is 2.06. The van der Waals surface area contributed by atoms with Gasteiger partial charge in [0.25, 0.3) is 0 Å². The van der Waals surface area contributed by atoms with Crippen molar-refractivity contribution >= 4 is 12.0 Å². The van der Waals surface area contributed by atoms with E-state index in [0.717, 1.165) is 26.2 Å². The zero-order chi connectivity index (χ0) is 13.5. The van der Waals surface area contributed by atoms with Crippen LogP contribution in [-0.2, 0) is 9.53 Å². The monoisotopic (exact) mass is 257 g/mol. The van der Waals surface area contributed by atoms with Crippen LogP contribution in [0.3, 0.4) is 0 Å². The molecule has 0 aromatic rings. The molecule has 0 unspecified atom stereocenters. The van der Waals surface area contributed by atoms with Gasteiger partial charge in [0, 0.05) is 19.1 Å². The molecule has 1 N–H and O–H groups in total. The lowest BCUT2D eigenvalue weighted by Gasteiger charge is -2.44. The van der Waals surface area contributed by atoms with Crippen molar-refractivity contribution in [3.05, 3.63) is 0 Å². The van der Waals surface area contributed by atoms with Crippen molar-refractivity contribution in [3.8, 4) is 0 Å². The van der Waals surface area contributed by atoms with Crippen molar-refractivity contribution in [2.75, 3.05) is 39.3 Å². The highest BCUT2D eigenvalue weighted by Gasteiger charge is 2.33. The van der Waals surface area contributed by atoms with E-state index in [1.807, 2.05) is 0 Å². The number of ether oxygens (including phenoxy) is 1. The summed E-state index contributed by atoms with van der Waals surface area (Å²) in [4.78, 5) is 26.8. The first kappa shape index (κ1) is 14.8. The fourth-order valence-corrected chi connectivity index (χ4v) is 2.06. The van der Waals surface area contributed by atoms with Crippen LogP contribution in [0, 0.1) is 0 Å². The van der Waals surface area contributed by atoms with E-state index in [1.54, 1.807) is 11.8 Å². The number of carbonyl (C=O) groups is 2. The molecule has 0 saturated carbocycles. The number of nitrogens with one attached hydrogen (secondary N) is 1. The largest absolute Gasteiger partial charge is 0.465 e. The standard InChI is InChI=1S/C12H23N3O3/c1-4-14(5-2)10-8-15(9-10)12(17)13-7-11(16)18-6-3/h10H,4-9H2,1-3H3,(H,13,17). The molecule has 0 aromatic carbocycles. The molecule has 0 aliphatic carbocycles. The van der Waals surface area contributed by atoms with Crippen molar-refractivity contribution < 1.29 is 14.3 Å². The SMILES string of the molecule is CCOC(=O)CNC(=O)N1CC(N(CC)CC)C1. The van der Waals surface area contributed by atoms with Crippen molar-refractivity contribution in [1.29, 1.82) is 0 Å². The third kappa shape index (κ3) is 3.87. The third-order valence-electron chi connectivity index (χ3n) is 3.17. The molecule has 18 heavy (non-hydrogen) atoms. The minimum Gasteiger partial charge on any atom is -0.465 e. The predicted octanol–water partition coefficient (Wildman–Crippen LogP) is 0.285. The van der Waals surface area contributed by atoms with Gasteiger partial charge in [-0.3, -0.25) is 9.69 Å². The van der Waals surface area contributed by atoms with E-state index in [2.05, 4.69) is 24.1 Å². The van der Waals surface area contributed by atoms with Gasteiger partial charge in [-0.2, -0.15) is 0 Å². The highest BCUT2D eigenvalue weighted by Crippen LogP contribution is 2.14. The van der Waals surface area contributed by atoms with Crippen LogP contribution in [0.25, 0.3) is 0 Å². The minimum atomic E-state index is -0.397. The second kappa shape index (κ2) is 7.20. The lowest BCUT2D eigenvalue weighted by Crippen LogP contribution is -2.63. The number of likely N-dealkylation sites (N-methyl/N-ethyl adjacent to an activating group) is 1. The Kier molecular flexibility index (Phi) is 5.91. The smallest absolute Gasteiger partial charge is 0.325 e. The van der Waals surface area contributed by atoms with E-state index in [-0.39, 0.29) is 12.6 Å². The van der Waals surface area contributed by atoms with Crippen LogP contribution >= 0.6 is 0 Å². The number of urea groups is 1. The first-order valence-electron chi connectivity index (χ1n) is 6.54. The Bertz CT molecular complexity index is 286. The van der Waals surface area contributed by atoms with Crippen molar-refractivity contribution in [1.82, 2.24) is 15.1 Å². The molecule has 0 aromatic heterocycles. The Labute approximate surface area is 108 Å². The zero-order valence-corrected chi connectivity index (χ0v) is 11.4. The van der Waals surface area contributed by atoms with Gasteiger partial charge in [0.2, 0.25) is 0 Å². The van der Waals surface area contributed by atoms with Gasteiger partial charge in [-0.25, -0.2) is 4.79 Å². The molecule has 0 radical (unpaired) electrons. The summed E-state index contributed by atoms with van der Waals surface area (Å²) in [5.41, 5.74) is 0. The molecule has 2 amide bonds. The molecule has 1 aliphatic heterocycles. The van der Waals surface area contributed by atoms with E-state index < -0.39 is 5.97 Å². The maximum absolute atomic E-state index is 11.7. The first-order chi connectivity index (χ1) is 8.62. The highest BCUT2D eigenvalue weighted by molar-refractivity contribution is 5.81. The van der Waals surface area contributed by atoms with Crippen molar-refractivity contribution in [3.63, 3.8) is 0 Å². The number of amides is 2. The van der Waals surface area contributed by atoms with Gasteiger partial charge in [-0.05, 0) is 20.0 Å². The molecule has 1 saturated heterocycles. The van der Waals surface area contributed by atoms with Crippen LogP contribution < -0.4 is 5.32 Å². The third-order valence-corrected chi connectivity index (χ3v) is 3.17. The summed E-state index contributed by atoms with van der Waals surface area (Å²) in [5.74, 6) is -0.397. The minimum absolute atomic E-state index is 0.0564. The van der Waals surface area contributed by atoms with E-state index in [9.17, 15) is 9.59 Å². The maximum Gasteiger partial charge on any atom is 0.325 e. The van der Waals surface area contributed by atoms with Gasteiger partial charge in [-0.15, -0.1) is 0 Å². The number of hydrogen-bond acceptors (Lipinski definition) is 4. The zero-order valence-electron chi connectivity index (χ0n) is 11.4. The van der Waals surface area contributed by atoms with Gasteiger partial charge >= 0.3 is 12.0 Å². The van der Waals surface area contributed by atoms with Gasteiger partial charge in [0.15, 0.2) is 0 Å². The Hall–Kier alpha value is -1.30. The average Bonchev–Trinajstić information content (AvgIpc) is 2.30. The number of esters is 1. The number of rotatable bonds is 6. The molecule has 1 fully saturated rings. The maximum atomic E-state index is 11.7. The van der Waals surface area contributed by atoms with E-state index in [4.69, 9.17) is 4.74 Å². The molecule has 1 heterocycles. The summed E-state index contributed by atoms with van der Waals surface area (Å²) in [6.45, 7) is 9.72. The average molecular weight is 257 g/mol. The Morgan fingerprint density at radius 1 is 1.28 bits per heavy atom. The number of hydrogen-bond donors (Lipinski definition) is 1. The Balaban J connectivity index is 2.20. The summed E-state index contributed by atoms with van der Waals surface area (Å²) in [7, 11) is 0. The quantitative estimate of drug-likeness (QED) is 0.695. The van der Waals surface area contributed by atoms with Crippen LogP contribution in [0.5, 0.6) is 0 Å². The van der Waals surface area contributed by atoms with E-state index in [1.165, 1.54) is 0 Å². The van der Waals surface area contributed by atoms with Crippen LogP contribution in [-0.4, -0.2) is 67.2 Å². The van der Waals surface area contributed by atoms with Gasteiger partial charge in [0.1, 0.15) is 6.54 Å². The molecular formula is C12H23N3O3. The highest BCUT2D eigenvalue weighted by atomic mass is 16.5. The second-order valence-corrected chi connectivity index (χ2v) is 4.24. The topological polar surface area (TPSA) is 61.9 Å². The molecule has 104 valence electrons. The van der Waals surface area contributed by atoms with E-state index in [0.29, 0.717) is 12.6 Å². The van der Waals surface area contributed by atoms with Crippen LogP contribution in [0.4, 0.5) is 4.79 Å². The van der Waals surface area contributed by atoms with Crippen molar-refractivity contribution in [2.24, 2.45) is 0 Å². The number of nitrogens with zero attached hydrogens (tertiary/aromatic N) is 2. The van der Waals surface area contributed by atoms with Crippen molar-refractivity contribution in [2.45, 2.75) is 26.8 Å². The van der Waals surface area contributed by atoms with Gasteiger partial charge in [-0.1, -0.05) is 13.8 Å². The predicted molar refractivity (Wildman–Crippen MR) is 68.3 cm³/mol. The normalized spacial score (nSPS) is 15.4. The summed E-state index contributed by atoms with van der Waals surface area (Å²) in [5, 5.41) is 2.56. The summed E-state index contributed by atoms with van der Waals surface area (Å²) >= 11 is 0. The molecule has 0 atom stereocenters. The van der Waals surface area contributed by atoms with Crippen LogP contribution in [0.15, 0.2) is 0 Å². The number of likely N-dealkylation sites (tertiary alicyclic amines) is 1. The Morgan fingerprint density at radius 2 is 1.89 bits per heavy atom. The molecule has 1 rings (SSSR count). The summed E-state index contributed by atoms with van der Waals surface area (Å²) in [6.07, 6.45) is 0. The molecule has 0 spiro atoms. The molecule has 6 heteroatoms. The van der Waals surface area contributed by atoms with Crippen LogP contribution in [0.2, 0.25) is 0 Å². The van der Waals surface area contributed by atoms with Gasteiger partial charge in [0.05, 0.1) is 6.61 Å². The fraction of sp³-hybridized carbons (Fsp3) is 0.833. The summed E-state index contributed by atoms with van der Waals surface area (Å²) < 4.78 is 4.74. The van der Waals surface area contributed by atoms with Gasteiger partial charge < -0.3 is 15.0 Å².